The maximum atomic E-state index is 10.6. The van der Waals surface area contributed by atoms with Crippen LogP contribution in [0.4, 0.5) is 11.8 Å². The maximum Gasteiger partial charge on any atom is 0.224 e. The van der Waals surface area contributed by atoms with E-state index in [1.54, 1.807) is 0 Å². The molecule has 37 heavy (non-hydrogen) atoms. The second-order valence-corrected chi connectivity index (χ2v) is 10.6. The maximum absolute atomic E-state index is 10.6. The summed E-state index contributed by atoms with van der Waals surface area (Å²) in [5.74, 6) is 1.16. The molecule has 3 aromatic heterocycles. The molecule has 0 aromatic carbocycles. The fraction of sp³-hybridized carbons (Fsp3) is 0.538. The molecule has 4 rings (SSSR count). The van der Waals surface area contributed by atoms with Gasteiger partial charge in [-0.15, -0.1) is 12.4 Å². The zero-order chi connectivity index (χ0) is 26.8. The summed E-state index contributed by atoms with van der Waals surface area (Å²) in [5, 5.41) is 38.0. The Morgan fingerprint density at radius 3 is 2.32 bits per heavy atom. The van der Waals surface area contributed by atoms with Crippen molar-refractivity contribution in [3.63, 3.8) is 0 Å². The number of rotatable bonds is 6. The van der Waals surface area contributed by atoms with E-state index in [9.17, 15) is 15.3 Å². The minimum absolute atomic E-state index is 0. The molecule has 0 unspecified atom stereocenters. The molecule has 1 aliphatic rings. The number of carbonyl (C=O) groups excluding carboxylic acids is 1. The molecule has 1 saturated carbocycles. The smallest absolute Gasteiger partial charge is 0.224 e. The second kappa shape index (κ2) is 12.2. The summed E-state index contributed by atoms with van der Waals surface area (Å²) in [5.41, 5.74) is 3.84. The number of pyridine rings is 1. The normalized spacial score (nSPS) is 21.2. The number of hydrogen-bond donors (Lipinski definition) is 5. The van der Waals surface area contributed by atoms with Crippen LogP contribution in [-0.2, 0) is 4.79 Å². The first kappa shape index (κ1) is 30.4. The second-order valence-electron chi connectivity index (χ2n) is 10.6. The lowest BCUT2D eigenvalue weighted by Crippen LogP contribution is -2.35. The van der Waals surface area contributed by atoms with E-state index in [1.807, 2.05) is 39.7 Å². The van der Waals surface area contributed by atoms with Crippen LogP contribution in [0.15, 0.2) is 16.5 Å². The summed E-state index contributed by atoms with van der Waals surface area (Å²) in [7, 11) is 0. The molecule has 0 saturated heterocycles. The number of furan rings is 1. The van der Waals surface area contributed by atoms with Crippen molar-refractivity contribution in [2.24, 2.45) is 11.3 Å². The third-order valence-corrected chi connectivity index (χ3v) is 6.27. The van der Waals surface area contributed by atoms with Crippen molar-refractivity contribution in [3.8, 4) is 11.3 Å². The van der Waals surface area contributed by atoms with Crippen molar-refractivity contribution in [1.82, 2.24) is 15.0 Å². The summed E-state index contributed by atoms with van der Waals surface area (Å²) in [6, 6.07) is 3.44. The molecule has 4 atom stereocenters. The summed E-state index contributed by atoms with van der Waals surface area (Å²) >= 11 is 0. The number of halogens is 1. The first-order valence-electron chi connectivity index (χ1n) is 12.0. The molecule has 0 amide bonds. The molecule has 3 aromatic rings. The quantitative estimate of drug-likeness (QED) is 0.317. The van der Waals surface area contributed by atoms with Crippen LogP contribution in [0, 0.1) is 32.1 Å². The van der Waals surface area contributed by atoms with Crippen LogP contribution in [0.25, 0.3) is 22.3 Å². The highest BCUT2D eigenvalue weighted by Crippen LogP contribution is 2.37. The van der Waals surface area contributed by atoms with E-state index in [4.69, 9.17) is 14.2 Å². The van der Waals surface area contributed by atoms with Crippen molar-refractivity contribution < 1.29 is 24.5 Å². The number of nitrogens with one attached hydrogen (secondary N) is 2. The lowest BCUT2D eigenvalue weighted by atomic mass is 9.97. The predicted octanol–water partition coefficient (Wildman–Crippen LogP) is 3.42. The topological polar surface area (TPSA) is 154 Å². The van der Waals surface area contributed by atoms with Gasteiger partial charge in [0.25, 0.3) is 0 Å². The number of aliphatic hydroxyl groups excluding tert-OH is 3. The summed E-state index contributed by atoms with van der Waals surface area (Å²) in [6.45, 7) is 14.6. The van der Waals surface area contributed by atoms with Gasteiger partial charge in [0.2, 0.25) is 5.95 Å². The largest absolute Gasteiger partial charge is 0.454 e. The Labute approximate surface area is 223 Å². The van der Waals surface area contributed by atoms with E-state index in [-0.39, 0.29) is 24.4 Å². The Kier molecular flexibility index (Phi) is 10.0. The lowest BCUT2D eigenvalue weighted by molar-refractivity contribution is -0.0980. The molecule has 10 nitrogen and oxygen atoms in total. The number of fused-ring (bicyclic) bond motifs is 1. The van der Waals surface area contributed by atoms with Gasteiger partial charge in [0.05, 0.1) is 29.1 Å². The van der Waals surface area contributed by atoms with Crippen LogP contribution in [-0.4, -0.2) is 68.5 Å². The van der Waals surface area contributed by atoms with E-state index in [0.717, 1.165) is 16.8 Å². The lowest BCUT2D eigenvalue weighted by Gasteiger charge is -2.22. The number of anilines is 2. The zero-order valence-electron chi connectivity index (χ0n) is 22.2. The van der Waals surface area contributed by atoms with Gasteiger partial charge in [-0.2, -0.15) is 4.98 Å². The molecular formula is C26H38ClN5O5. The molecule has 0 radical (unpaired) electrons. The van der Waals surface area contributed by atoms with Gasteiger partial charge in [0.1, 0.15) is 24.5 Å². The van der Waals surface area contributed by atoms with Crippen LogP contribution in [0.5, 0.6) is 0 Å². The average Bonchev–Trinajstić information content (AvgIpc) is 3.34. The van der Waals surface area contributed by atoms with Crippen LogP contribution in [0.2, 0.25) is 0 Å². The van der Waals surface area contributed by atoms with Crippen LogP contribution < -0.4 is 10.6 Å². The fourth-order valence-electron chi connectivity index (χ4n) is 4.51. The molecule has 11 heteroatoms. The third kappa shape index (κ3) is 6.75. The first-order chi connectivity index (χ1) is 17.0. The number of carbonyl (C=O) groups is 1. The number of nitrogens with zero attached hydrogens (tertiary/aromatic N) is 3. The van der Waals surface area contributed by atoms with Crippen molar-refractivity contribution in [1.29, 1.82) is 0 Å². The number of aromatic nitrogens is 3. The van der Waals surface area contributed by atoms with Gasteiger partial charge < -0.3 is 35.2 Å². The van der Waals surface area contributed by atoms with Crippen LogP contribution in [0.3, 0.4) is 0 Å². The Bertz CT molecular complexity index is 1210. The minimum Gasteiger partial charge on any atom is -0.454 e. The van der Waals surface area contributed by atoms with E-state index < -0.39 is 24.2 Å². The molecule has 0 spiro atoms. The minimum atomic E-state index is -1.03. The van der Waals surface area contributed by atoms with Crippen molar-refractivity contribution in [2.75, 3.05) is 23.8 Å². The van der Waals surface area contributed by atoms with Crippen LogP contribution in [0.1, 0.15) is 44.3 Å². The van der Waals surface area contributed by atoms with Gasteiger partial charge in [-0.1, -0.05) is 20.8 Å². The molecule has 1 fully saturated rings. The highest BCUT2D eigenvalue weighted by molar-refractivity contribution is 5.87. The molecule has 1 aliphatic carbocycles. The molecular weight excluding hydrogens is 498 g/mol. The third-order valence-electron chi connectivity index (χ3n) is 6.27. The number of aryl methyl sites for hydroxylation is 3. The van der Waals surface area contributed by atoms with Gasteiger partial charge in [-0.05, 0) is 44.7 Å². The van der Waals surface area contributed by atoms with Gasteiger partial charge in [0.15, 0.2) is 5.58 Å². The highest BCUT2D eigenvalue weighted by atomic mass is 35.5. The van der Waals surface area contributed by atoms with Crippen molar-refractivity contribution >= 4 is 41.9 Å². The zero-order valence-corrected chi connectivity index (χ0v) is 23.0. The van der Waals surface area contributed by atoms with Gasteiger partial charge in [-0.3, -0.25) is 4.98 Å². The molecule has 3 heterocycles. The van der Waals surface area contributed by atoms with Crippen LogP contribution >= 0.6 is 12.4 Å². The Hall–Kier alpha value is -2.79. The standard InChI is InChI=1S/C25H35N5O4.CH2O.ClH/c1-12-7-15-9-18(34-22(15)14(3)27-12)19-13(2)28-24(26-11-25(4,5)6)30-23(19)29-17-8-16(10-31)20(32)21(17)33;1-2;/h7,9,16-17,20-21,31-33H,8,10-11H2,1-6H3,(H2,26,28,29,30);1H2;1H/t16-,17-,20-,21+;;/m1../s1. The molecule has 0 aliphatic heterocycles. The Morgan fingerprint density at radius 1 is 1.05 bits per heavy atom. The predicted molar refractivity (Wildman–Crippen MR) is 146 cm³/mol. The highest BCUT2D eigenvalue weighted by Gasteiger charge is 2.41. The van der Waals surface area contributed by atoms with Gasteiger partial charge in [-0.25, -0.2) is 4.98 Å². The number of hydrogen-bond acceptors (Lipinski definition) is 10. The fourth-order valence-corrected chi connectivity index (χ4v) is 4.51. The van der Waals surface area contributed by atoms with E-state index in [1.165, 1.54) is 0 Å². The van der Waals surface area contributed by atoms with E-state index in [2.05, 4.69) is 41.4 Å². The number of aliphatic hydroxyl groups is 3. The van der Waals surface area contributed by atoms with Gasteiger partial charge >= 0.3 is 0 Å². The summed E-state index contributed by atoms with van der Waals surface area (Å²) in [6.07, 6.45) is -1.62. The van der Waals surface area contributed by atoms with Crippen molar-refractivity contribution in [3.05, 3.63) is 29.2 Å². The Morgan fingerprint density at radius 2 is 1.73 bits per heavy atom. The first-order valence-corrected chi connectivity index (χ1v) is 12.0. The summed E-state index contributed by atoms with van der Waals surface area (Å²) in [4.78, 5) is 21.9. The summed E-state index contributed by atoms with van der Waals surface area (Å²) < 4.78 is 6.22. The molecule has 5 N–H and O–H groups in total. The van der Waals surface area contributed by atoms with E-state index in [0.29, 0.717) is 47.3 Å². The monoisotopic (exact) mass is 535 g/mol. The SMILES string of the molecule is C=O.Cc1cc2cc(-c3c(C)nc(NCC(C)(C)C)nc3N[C@@H]3C[C@H](CO)[C@@H](O)[C@H]3O)oc2c(C)n1.Cl. The average molecular weight is 536 g/mol. The molecule has 0 bridgehead atoms. The Balaban J connectivity index is 0.00000157. The van der Waals surface area contributed by atoms with Gasteiger partial charge in [0, 0.05) is 30.1 Å². The van der Waals surface area contributed by atoms with E-state index >= 15 is 0 Å². The van der Waals surface area contributed by atoms with Crippen molar-refractivity contribution in [2.45, 2.75) is 66.2 Å². The molecule has 204 valence electrons.